The molecule has 11 nitrogen and oxygen atoms in total. The molecule has 1 saturated heterocycles. The lowest BCUT2D eigenvalue weighted by molar-refractivity contribution is -0.141. The number of nitrogens with zero attached hydrogens (tertiary/aromatic N) is 1. The van der Waals surface area contributed by atoms with Gasteiger partial charge in [0.1, 0.15) is 18.1 Å². The molecule has 0 bridgehead atoms. The number of carboxylic acids is 1. The third-order valence-corrected chi connectivity index (χ3v) is 4.47. The van der Waals surface area contributed by atoms with Crippen molar-refractivity contribution in [2.75, 3.05) is 6.54 Å². The summed E-state index contributed by atoms with van der Waals surface area (Å²) >= 11 is 0. The molecular weight excluding hydrogens is 368 g/mol. The third kappa shape index (κ3) is 6.05. The maximum absolute atomic E-state index is 12.7. The summed E-state index contributed by atoms with van der Waals surface area (Å²) in [4.78, 5) is 54.8. The van der Waals surface area contributed by atoms with E-state index in [0.29, 0.717) is 12.1 Å². The van der Waals surface area contributed by atoms with E-state index in [-0.39, 0.29) is 18.4 Å². The molecule has 11 heteroatoms. The topological polar surface area (TPSA) is 165 Å². The van der Waals surface area contributed by atoms with Crippen LogP contribution >= 0.6 is 0 Å². The van der Waals surface area contributed by atoms with E-state index in [1.165, 1.54) is 20.2 Å². The van der Waals surface area contributed by atoms with Gasteiger partial charge in [0.2, 0.25) is 17.7 Å². The van der Waals surface area contributed by atoms with Crippen LogP contribution in [0.25, 0.3) is 0 Å². The van der Waals surface area contributed by atoms with Crippen molar-refractivity contribution in [3.63, 3.8) is 0 Å². The standard InChI is InChI=1S/C17H26N6O5/c1-9(14(24)22-10(2)17(27)28)21-16(26)13(6-11-7-18-8-20-11)23-15(25)12-4-3-5-19-12/h7-10,12-13,19H,3-6H2,1-2H3,(H,18,20)(H,21,26)(H,22,24)(H,23,25)(H,27,28). The van der Waals surface area contributed by atoms with Crippen LogP contribution in [0.15, 0.2) is 12.5 Å². The van der Waals surface area contributed by atoms with Crippen LogP contribution in [0.5, 0.6) is 0 Å². The highest BCUT2D eigenvalue weighted by molar-refractivity contribution is 5.94. The minimum absolute atomic E-state index is 0.171. The Morgan fingerprint density at radius 2 is 1.89 bits per heavy atom. The van der Waals surface area contributed by atoms with Crippen molar-refractivity contribution in [2.45, 2.75) is 57.3 Å². The second kappa shape index (κ2) is 9.83. The SMILES string of the molecule is CC(NC(=O)C(C)NC(=O)C(Cc1cnc[nH]1)NC(=O)C1CCCN1)C(=O)O. The zero-order chi connectivity index (χ0) is 20.7. The van der Waals surface area contributed by atoms with Gasteiger partial charge >= 0.3 is 5.97 Å². The smallest absolute Gasteiger partial charge is 0.325 e. The average molecular weight is 394 g/mol. The molecule has 1 aliphatic rings. The fourth-order valence-corrected chi connectivity index (χ4v) is 2.79. The average Bonchev–Trinajstić information content (AvgIpc) is 3.34. The van der Waals surface area contributed by atoms with Gasteiger partial charge in [0.25, 0.3) is 0 Å². The number of nitrogens with one attached hydrogen (secondary N) is 5. The highest BCUT2D eigenvalue weighted by atomic mass is 16.4. The van der Waals surface area contributed by atoms with E-state index in [1.54, 1.807) is 6.20 Å². The first kappa shape index (κ1) is 21.4. The molecule has 0 saturated carbocycles. The van der Waals surface area contributed by atoms with Gasteiger partial charge in [-0.3, -0.25) is 19.2 Å². The molecule has 4 unspecified atom stereocenters. The molecule has 0 aliphatic carbocycles. The lowest BCUT2D eigenvalue weighted by atomic mass is 10.1. The largest absolute Gasteiger partial charge is 0.480 e. The van der Waals surface area contributed by atoms with E-state index < -0.39 is 35.9 Å². The number of amides is 3. The molecule has 0 spiro atoms. The van der Waals surface area contributed by atoms with Crippen LogP contribution in [0, 0.1) is 0 Å². The van der Waals surface area contributed by atoms with Crippen LogP contribution < -0.4 is 21.3 Å². The fourth-order valence-electron chi connectivity index (χ4n) is 2.79. The summed E-state index contributed by atoms with van der Waals surface area (Å²) in [5, 5.41) is 19.5. The number of carbonyl (C=O) groups is 4. The summed E-state index contributed by atoms with van der Waals surface area (Å²) in [6.45, 7) is 3.51. The molecule has 1 fully saturated rings. The Hall–Kier alpha value is -2.95. The summed E-state index contributed by atoms with van der Waals surface area (Å²) in [6, 6.07) is -3.32. The monoisotopic (exact) mass is 394 g/mol. The Kier molecular flexibility index (Phi) is 7.50. The summed E-state index contributed by atoms with van der Waals surface area (Å²) < 4.78 is 0. The number of aromatic nitrogens is 2. The van der Waals surface area contributed by atoms with Crippen LogP contribution in [-0.4, -0.2) is 69.5 Å². The van der Waals surface area contributed by atoms with Crippen LogP contribution in [0.2, 0.25) is 0 Å². The van der Waals surface area contributed by atoms with Crippen molar-refractivity contribution < 1.29 is 24.3 Å². The minimum atomic E-state index is -1.18. The van der Waals surface area contributed by atoms with Crippen LogP contribution in [-0.2, 0) is 25.6 Å². The third-order valence-electron chi connectivity index (χ3n) is 4.47. The highest BCUT2D eigenvalue weighted by Gasteiger charge is 2.29. The zero-order valence-corrected chi connectivity index (χ0v) is 15.8. The molecule has 2 heterocycles. The van der Waals surface area contributed by atoms with E-state index in [1.807, 2.05) is 0 Å². The minimum Gasteiger partial charge on any atom is -0.480 e. The van der Waals surface area contributed by atoms with E-state index >= 15 is 0 Å². The van der Waals surface area contributed by atoms with Crippen LogP contribution in [0.3, 0.4) is 0 Å². The van der Waals surface area contributed by atoms with Crippen molar-refractivity contribution in [2.24, 2.45) is 0 Å². The Labute approximate surface area is 162 Å². The van der Waals surface area contributed by atoms with Crippen LogP contribution in [0.1, 0.15) is 32.4 Å². The summed E-state index contributed by atoms with van der Waals surface area (Å²) in [5.74, 6) is -2.65. The van der Waals surface area contributed by atoms with Gasteiger partial charge in [0.05, 0.1) is 12.4 Å². The van der Waals surface area contributed by atoms with Crippen molar-refractivity contribution in [3.05, 3.63) is 18.2 Å². The number of imidazole rings is 1. The Morgan fingerprint density at radius 1 is 1.18 bits per heavy atom. The van der Waals surface area contributed by atoms with Gasteiger partial charge in [-0.2, -0.15) is 0 Å². The van der Waals surface area contributed by atoms with Gasteiger partial charge in [0, 0.05) is 18.3 Å². The molecular formula is C17H26N6O5. The second-order valence-electron chi connectivity index (χ2n) is 6.79. The summed E-state index contributed by atoms with van der Waals surface area (Å²) in [5.41, 5.74) is 0.649. The van der Waals surface area contributed by atoms with E-state index in [4.69, 9.17) is 5.11 Å². The molecule has 2 rings (SSSR count). The lowest BCUT2D eigenvalue weighted by Gasteiger charge is -2.22. The van der Waals surface area contributed by atoms with E-state index in [9.17, 15) is 19.2 Å². The fraction of sp³-hybridized carbons (Fsp3) is 0.588. The van der Waals surface area contributed by atoms with Gasteiger partial charge in [-0.25, -0.2) is 4.98 Å². The predicted octanol–water partition coefficient (Wildman–Crippen LogP) is -1.72. The molecule has 0 radical (unpaired) electrons. The van der Waals surface area contributed by atoms with Gasteiger partial charge in [-0.15, -0.1) is 0 Å². The number of carboxylic acid groups (broad SMARTS) is 1. The highest BCUT2D eigenvalue weighted by Crippen LogP contribution is 2.07. The van der Waals surface area contributed by atoms with Gasteiger partial charge < -0.3 is 31.4 Å². The molecule has 1 aromatic rings. The normalized spacial score (nSPS) is 19.3. The van der Waals surface area contributed by atoms with Gasteiger partial charge in [0.15, 0.2) is 0 Å². The van der Waals surface area contributed by atoms with Crippen molar-refractivity contribution in [3.8, 4) is 0 Å². The first-order chi connectivity index (χ1) is 13.3. The van der Waals surface area contributed by atoms with Gasteiger partial charge in [-0.1, -0.05) is 0 Å². The second-order valence-corrected chi connectivity index (χ2v) is 6.79. The maximum atomic E-state index is 12.7. The molecule has 6 N–H and O–H groups in total. The number of rotatable bonds is 9. The Bertz CT molecular complexity index is 701. The number of carbonyl (C=O) groups excluding carboxylic acids is 3. The van der Waals surface area contributed by atoms with E-state index in [0.717, 1.165) is 13.0 Å². The van der Waals surface area contributed by atoms with Gasteiger partial charge in [-0.05, 0) is 33.2 Å². The lowest BCUT2D eigenvalue weighted by Crippen LogP contribution is -2.56. The molecule has 0 aromatic carbocycles. The number of hydrogen-bond donors (Lipinski definition) is 6. The molecule has 28 heavy (non-hydrogen) atoms. The number of aromatic amines is 1. The Balaban J connectivity index is 1.99. The number of H-pyrrole nitrogens is 1. The number of hydrogen-bond acceptors (Lipinski definition) is 6. The maximum Gasteiger partial charge on any atom is 0.325 e. The van der Waals surface area contributed by atoms with E-state index in [2.05, 4.69) is 31.2 Å². The van der Waals surface area contributed by atoms with Crippen LogP contribution in [0.4, 0.5) is 0 Å². The molecule has 1 aromatic heterocycles. The predicted molar refractivity (Wildman–Crippen MR) is 98.1 cm³/mol. The zero-order valence-electron chi connectivity index (χ0n) is 15.8. The van der Waals surface area contributed by atoms with Crippen molar-refractivity contribution in [1.29, 1.82) is 0 Å². The Morgan fingerprint density at radius 3 is 2.46 bits per heavy atom. The molecule has 1 aliphatic heterocycles. The first-order valence-electron chi connectivity index (χ1n) is 9.12. The summed E-state index contributed by atoms with van der Waals surface area (Å²) in [6.07, 6.45) is 4.76. The quantitative estimate of drug-likeness (QED) is 0.290. The molecule has 4 atom stereocenters. The molecule has 154 valence electrons. The molecule has 3 amide bonds. The first-order valence-corrected chi connectivity index (χ1v) is 9.12. The van der Waals surface area contributed by atoms with Crippen molar-refractivity contribution in [1.82, 2.24) is 31.2 Å². The summed E-state index contributed by atoms with van der Waals surface area (Å²) in [7, 11) is 0. The number of aliphatic carboxylic acids is 1. The van der Waals surface area contributed by atoms with Crippen molar-refractivity contribution >= 4 is 23.7 Å².